The van der Waals surface area contributed by atoms with Crippen LogP contribution in [0.4, 0.5) is 0 Å². The van der Waals surface area contributed by atoms with Crippen molar-refractivity contribution in [2.45, 2.75) is 65.8 Å². The molecule has 114 valence electrons. The summed E-state index contributed by atoms with van der Waals surface area (Å²) in [6, 6.07) is 5.29. The zero-order chi connectivity index (χ0) is 14.5. The van der Waals surface area contributed by atoms with Crippen LogP contribution in [0.3, 0.4) is 0 Å². The summed E-state index contributed by atoms with van der Waals surface area (Å²) in [4.78, 5) is 3.10. The van der Waals surface area contributed by atoms with E-state index in [0.29, 0.717) is 6.04 Å². The minimum Gasteiger partial charge on any atom is -0.309 e. The SMILES string of the molecule is CCCNC(c1ccc(CC)s1)C1CC(C)CC(C)C1. The van der Waals surface area contributed by atoms with Crippen molar-refractivity contribution < 1.29 is 0 Å². The summed E-state index contributed by atoms with van der Waals surface area (Å²) in [7, 11) is 0. The van der Waals surface area contributed by atoms with Crippen LogP contribution in [0.25, 0.3) is 0 Å². The third-order valence-electron chi connectivity index (χ3n) is 4.64. The van der Waals surface area contributed by atoms with Gasteiger partial charge in [-0.05, 0) is 68.5 Å². The van der Waals surface area contributed by atoms with Gasteiger partial charge in [-0.15, -0.1) is 11.3 Å². The molecule has 1 nitrogen and oxygen atoms in total. The van der Waals surface area contributed by atoms with Crippen molar-refractivity contribution in [2.24, 2.45) is 17.8 Å². The fraction of sp³-hybridized carbons (Fsp3) is 0.778. The number of nitrogens with one attached hydrogen (secondary N) is 1. The monoisotopic (exact) mass is 293 g/mol. The molecule has 1 aromatic heterocycles. The van der Waals surface area contributed by atoms with E-state index in [-0.39, 0.29) is 0 Å². The third kappa shape index (κ3) is 4.08. The summed E-state index contributed by atoms with van der Waals surface area (Å²) in [5.41, 5.74) is 0. The van der Waals surface area contributed by atoms with Crippen molar-refractivity contribution in [3.05, 3.63) is 21.9 Å². The predicted octanol–water partition coefficient (Wildman–Crippen LogP) is 5.42. The van der Waals surface area contributed by atoms with Gasteiger partial charge in [0.05, 0.1) is 0 Å². The molecule has 0 radical (unpaired) electrons. The lowest BCUT2D eigenvalue weighted by Crippen LogP contribution is -2.33. The van der Waals surface area contributed by atoms with Crippen LogP contribution in [0.5, 0.6) is 0 Å². The maximum atomic E-state index is 3.84. The van der Waals surface area contributed by atoms with Gasteiger partial charge in [0.25, 0.3) is 0 Å². The van der Waals surface area contributed by atoms with Crippen molar-refractivity contribution in [3.63, 3.8) is 0 Å². The molecule has 1 fully saturated rings. The zero-order valence-corrected chi connectivity index (χ0v) is 14.4. The second-order valence-electron chi connectivity index (χ2n) is 6.77. The molecule has 0 spiro atoms. The molecule has 0 amide bonds. The highest BCUT2D eigenvalue weighted by molar-refractivity contribution is 7.12. The lowest BCUT2D eigenvalue weighted by molar-refractivity contribution is 0.178. The minimum absolute atomic E-state index is 0.588. The lowest BCUT2D eigenvalue weighted by Gasteiger charge is -2.36. The number of thiophene rings is 1. The van der Waals surface area contributed by atoms with E-state index in [4.69, 9.17) is 0 Å². The molecule has 2 heteroatoms. The minimum atomic E-state index is 0.588. The molecular formula is C18H31NS. The highest BCUT2D eigenvalue weighted by atomic mass is 32.1. The summed E-state index contributed by atoms with van der Waals surface area (Å²) in [5.74, 6) is 2.60. The molecule has 1 heterocycles. The fourth-order valence-electron chi connectivity index (χ4n) is 3.83. The van der Waals surface area contributed by atoms with Crippen LogP contribution in [0, 0.1) is 17.8 Å². The van der Waals surface area contributed by atoms with E-state index in [1.807, 2.05) is 11.3 Å². The Bertz CT molecular complexity index is 388. The number of aryl methyl sites for hydroxylation is 1. The van der Waals surface area contributed by atoms with Crippen molar-refractivity contribution in [1.82, 2.24) is 5.32 Å². The molecule has 3 atom stereocenters. The summed E-state index contributed by atoms with van der Waals surface area (Å²) in [6.07, 6.45) is 6.60. The first-order valence-corrected chi connectivity index (χ1v) is 9.27. The highest BCUT2D eigenvalue weighted by Crippen LogP contribution is 2.41. The van der Waals surface area contributed by atoms with Gasteiger partial charge in [0.15, 0.2) is 0 Å². The van der Waals surface area contributed by atoms with Crippen LogP contribution in [-0.2, 0) is 6.42 Å². The average Bonchev–Trinajstić information content (AvgIpc) is 2.87. The summed E-state index contributed by atoms with van der Waals surface area (Å²) >= 11 is 2.03. The Morgan fingerprint density at radius 2 is 1.85 bits per heavy atom. The normalized spacial score (nSPS) is 28.5. The highest BCUT2D eigenvalue weighted by Gasteiger charge is 2.31. The quantitative estimate of drug-likeness (QED) is 0.738. The number of rotatable bonds is 6. The number of hydrogen-bond donors (Lipinski definition) is 1. The van der Waals surface area contributed by atoms with E-state index >= 15 is 0 Å². The van der Waals surface area contributed by atoms with Crippen LogP contribution in [0.15, 0.2) is 12.1 Å². The molecule has 0 aromatic carbocycles. The zero-order valence-electron chi connectivity index (χ0n) is 13.6. The maximum Gasteiger partial charge on any atom is 0.0443 e. The molecule has 1 aliphatic rings. The van der Waals surface area contributed by atoms with Crippen molar-refractivity contribution >= 4 is 11.3 Å². The topological polar surface area (TPSA) is 12.0 Å². The summed E-state index contributed by atoms with van der Waals surface area (Å²) < 4.78 is 0. The van der Waals surface area contributed by atoms with Gasteiger partial charge in [-0.2, -0.15) is 0 Å². The average molecular weight is 294 g/mol. The molecule has 1 N–H and O–H groups in total. The predicted molar refractivity (Wildman–Crippen MR) is 90.4 cm³/mol. The fourth-order valence-corrected chi connectivity index (χ4v) is 4.95. The first kappa shape index (κ1) is 16.0. The van der Waals surface area contributed by atoms with Crippen LogP contribution < -0.4 is 5.32 Å². The van der Waals surface area contributed by atoms with Crippen LogP contribution in [-0.4, -0.2) is 6.54 Å². The smallest absolute Gasteiger partial charge is 0.0443 e. The number of hydrogen-bond acceptors (Lipinski definition) is 2. The van der Waals surface area contributed by atoms with E-state index in [1.165, 1.54) is 37.0 Å². The second-order valence-corrected chi connectivity index (χ2v) is 7.97. The van der Waals surface area contributed by atoms with Gasteiger partial charge >= 0.3 is 0 Å². The molecule has 1 aliphatic carbocycles. The van der Waals surface area contributed by atoms with Gasteiger partial charge in [-0.25, -0.2) is 0 Å². The van der Waals surface area contributed by atoms with Crippen molar-refractivity contribution in [1.29, 1.82) is 0 Å². The van der Waals surface area contributed by atoms with E-state index in [2.05, 4.69) is 45.1 Å². The first-order chi connectivity index (χ1) is 9.63. The standard InChI is InChI=1S/C18H31NS/c1-5-9-19-18(17-8-7-16(6-2)20-17)15-11-13(3)10-14(4)12-15/h7-8,13-15,18-19H,5-6,9-12H2,1-4H3. The lowest BCUT2D eigenvalue weighted by atomic mass is 9.73. The summed E-state index contributed by atoms with van der Waals surface area (Å²) in [6.45, 7) is 10.5. The van der Waals surface area contributed by atoms with Gasteiger partial charge < -0.3 is 5.32 Å². The van der Waals surface area contributed by atoms with Crippen molar-refractivity contribution in [2.75, 3.05) is 6.54 Å². The van der Waals surface area contributed by atoms with E-state index in [9.17, 15) is 0 Å². The largest absolute Gasteiger partial charge is 0.309 e. The Morgan fingerprint density at radius 3 is 2.40 bits per heavy atom. The van der Waals surface area contributed by atoms with Gasteiger partial charge in [-0.3, -0.25) is 0 Å². The molecule has 0 bridgehead atoms. The Labute approximate surface area is 129 Å². The molecule has 0 aliphatic heterocycles. The maximum absolute atomic E-state index is 3.84. The third-order valence-corrected chi connectivity index (χ3v) is 5.95. The van der Waals surface area contributed by atoms with E-state index in [0.717, 1.165) is 24.3 Å². The Balaban J connectivity index is 2.13. The Hall–Kier alpha value is -0.340. The molecule has 1 saturated carbocycles. The first-order valence-electron chi connectivity index (χ1n) is 8.46. The van der Waals surface area contributed by atoms with Gasteiger partial charge in [-0.1, -0.05) is 27.7 Å². The Morgan fingerprint density at radius 1 is 1.15 bits per heavy atom. The van der Waals surface area contributed by atoms with Gasteiger partial charge in [0.2, 0.25) is 0 Å². The van der Waals surface area contributed by atoms with Gasteiger partial charge in [0.1, 0.15) is 0 Å². The molecule has 3 unspecified atom stereocenters. The van der Waals surface area contributed by atoms with Crippen LogP contribution in [0.2, 0.25) is 0 Å². The van der Waals surface area contributed by atoms with Crippen LogP contribution >= 0.6 is 11.3 Å². The summed E-state index contributed by atoms with van der Waals surface area (Å²) in [5, 5.41) is 3.84. The van der Waals surface area contributed by atoms with Crippen LogP contribution in [0.1, 0.15) is 69.2 Å². The second kappa shape index (κ2) is 7.61. The van der Waals surface area contributed by atoms with Crippen molar-refractivity contribution in [3.8, 4) is 0 Å². The molecular weight excluding hydrogens is 262 g/mol. The van der Waals surface area contributed by atoms with E-state index < -0.39 is 0 Å². The molecule has 2 rings (SSSR count). The van der Waals surface area contributed by atoms with Gasteiger partial charge in [0, 0.05) is 15.8 Å². The molecule has 0 saturated heterocycles. The molecule has 1 aromatic rings. The molecule has 20 heavy (non-hydrogen) atoms. The Kier molecular flexibility index (Phi) is 6.10. The van der Waals surface area contributed by atoms with E-state index in [1.54, 1.807) is 4.88 Å².